The molecule has 0 spiro atoms. The summed E-state index contributed by atoms with van der Waals surface area (Å²) in [5.41, 5.74) is 4.32. The van der Waals surface area contributed by atoms with Gasteiger partial charge in [-0.05, 0) is 92.6 Å². The van der Waals surface area contributed by atoms with Crippen molar-refractivity contribution in [1.82, 2.24) is 4.57 Å². The third-order valence-corrected chi connectivity index (χ3v) is 8.49. The number of phenols is 2. The molecule has 0 amide bonds. The van der Waals surface area contributed by atoms with E-state index in [1.165, 1.54) is 0 Å². The van der Waals surface area contributed by atoms with Crippen LogP contribution in [0.5, 0.6) is 11.5 Å². The molecule has 7 heteroatoms. The van der Waals surface area contributed by atoms with E-state index >= 15 is 0 Å². The van der Waals surface area contributed by atoms with E-state index in [-0.39, 0.29) is 11.5 Å². The lowest BCUT2D eigenvalue weighted by atomic mass is 10.1. The average Bonchev–Trinajstić information content (AvgIpc) is 3.11. The molecule has 1 heterocycles. The van der Waals surface area contributed by atoms with E-state index in [4.69, 9.17) is 4.74 Å². The van der Waals surface area contributed by atoms with Gasteiger partial charge in [-0.2, -0.15) is 0 Å². The Morgan fingerprint density at radius 3 is 2.14 bits per heavy atom. The monoisotopic (exact) mass is 515 g/mol. The largest absolute Gasteiger partial charge is 0.508 e. The highest BCUT2D eigenvalue weighted by atomic mass is 32.2. The van der Waals surface area contributed by atoms with Crippen molar-refractivity contribution in [2.45, 2.75) is 71.8 Å². The number of hydrogen-bond donors (Lipinski definition) is 2. The number of aryl methyl sites for hydroxylation is 2. The van der Waals surface area contributed by atoms with Crippen LogP contribution in [0.15, 0.2) is 42.5 Å². The highest BCUT2D eigenvalue weighted by Crippen LogP contribution is 2.35. The Bertz CT molecular complexity index is 1200. The Balaban J connectivity index is 1.44. The van der Waals surface area contributed by atoms with Crippen LogP contribution < -0.4 is 0 Å². The fourth-order valence-corrected chi connectivity index (χ4v) is 6.18. The zero-order chi connectivity index (χ0) is 26.0. The molecule has 3 aromatic rings. The summed E-state index contributed by atoms with van der Waals surface area (Å²) in [6, 6.07) is 12.7. The minimum atomic E-state index is -2.90. The maximum Gasteiger partial charge on any atom is 0.150 e. The van der Waals surface area contributed by atoms with Crippen LogP contribution in [-0.2, 0) is 21.1 Å². The van der Waals surface area contributed by atoms with Gasteiger partial charge in [0, 0.05) is 30.7 Å². The van der Waals surface area contributed by atoms with Crippen LogP contribution in [0.4, 0.5) is 0 Å². The van der Waals surface area contributed by atoms with Gasteiger partial charge >= 0.3 is 0 Å². The highest BCUT2D eigenvalue weighted by molar-refractivity contribution is 7.91. The van der Waals surface area contributed by atoms with Crippen LogP contribution in [0.25, 0.3) is 22.2 Å². The summed E-state index contributed by atoms with van der Waals surface area (Å²) in [6.45, 7) is 6.32. The van der Waals surface area contributed by atoms with Gasteiger partial charge in [0.25, 0.3) is 0 Å². The normalized spacial score (nSPS) is 11.9. The number of rotatable bonds is 16. The maximum absolute atomic E-state index is 12.0. The van der Waals surface area contributed by atoms with Crippen molar-refractivity contribution in [1.29, 1.82) is 0 Å². The molecular weight excluding hydrogens is 474 g/mol. The number of unbranched alkanes of at least 4 members (excludes halogenated alkanes) is 5. The van der Waals surface area contributed by atoms with E-state index in [0.29, 0.717) is 31.1 Å². The van der Waals surface area contributed by atoms with E-state index < -0.39 is 9.84 Å². The van der Waals surface area contributed by atoms with Crippen molar-refractivity contribution < 1.29 is 23.4 Å². The summed E-state index contributed by atoms with van der Waals surface area (Å²) < 4.78 is 32.1. The number of ether oxygens (including phenoxy) is 1. The second-order valence-corrected chi connectivity index (χ2v) is 11.9. The first-order chi connectivity index (χ1) is 17.3. The summed E-state index contributed by atoms with van der Waals surface area (Å²) in [7, 11) is -2.90. The summed E-state index contributed by atoms with van der Waals surface area (Å²) in [5, 5.41) is 20.7. The fraction of sp³-hybridized carbons (Fsp3) is 0.517. The smallest absolute Gasteiger partial charge is 0.150 e. The number of hydrogen-bond acceptors (Lipinski definition) is 5. The summed E-state index contributed by atoms with van der Waals surface area (Å²) in [6.07, 6.45) is 7.16. The van der Waals surface area contributed by atoms with Gasteiger partial charge in [-0.25, -0.2) is 8.42 Å². The third kappa shape index (κ3) is 8.00. The fourth-order valence-electron chi connectivity index (χ4n) is 4.69. The van der Waals surface area contributed by atoms with Gasteiger partial charge in [0.1, 0.15) is 21.3 Å². The van der Waals surface area contributed by atoms with Crippen molar-refractivity contribution in [3.8, 4) is 22.8 Å². The molecule has 0 atom stereocenters. The summed E-state index contributed by atoms with van der Waals surface area (Å²) in [5.74, 6) is 1.11. The molecule has 0 saturated carbocycles. The first-order valence-electron chi connectivity index (χ1n) is 13.2. The minimum Gasteiger partial charge on any atom is -0.508 e. The predicted octanol–water partition coefficient (Wildman–Crippen LogP) is 6.60. The molecule has 0 aliphatic rings. The van der Waals surface area contributed by atoms with E-state index in [1.807, 2.05) is 24.3 Å². The molecule has 0 radical (unpaired) electrons. The average molecular weight is 516 g/mol. The molecule has 2 N–H and O–H groups in total. The van der Waals surface area contributed by atoms with Crippen LogP contribution in [0.1, 0.15) is 63.9 Å². The molecule has 6 nitrogen and oxygen atoms in total. The van der Waals surface area contributed by atoms with Gasteiger partial charge in [-0.1, -0.05) is 26.2 Å². The van der Waals surface area contributed by atoms with Gasteiger partial charge in [-0.3, -0.25) is 0 Å². The standard InChI is InChI=1S/C29H41NO5S/c1-3-4-9-20-36(33,34)21-10-5-7-18-35-19-8-6-17-30-28-16-15-26(32)22-27(28)23(2)29(30)24-11-13-25(31)14-12-24/h11-16,22,31-32H,3-10,17-21H2,1-2H3. The van der Waals surface area contributed by atoms with Crippen molar-refractivity contribution in [3.05, 3.63) is 48.0 Å². The molecule has 0 saturated heterocycles. The van der Waals surface area contributed by atoms with Crippen LogP contribution in [0.3, 0.4) is 0 Å². The van der Waals surface area contributed by atoms with Crippen molar-refractivity contribution in [3.63, 3.8) is 0 Å². The zero-order valence-electron chi connectivity index (χ0n) is 21.7. The topological polar surface area (TPSA) is 88.8 Å². The lowest BCUT2D eigenvalue weighted by Gasteiger charge is -2.12. The second kappa shape index (κ2) is 13.7. The Kier molecular flexibility index (Phi) is 10.7. The molecule has 3 rings (SSSR count). The summed E-state index contributed by atoms with van der Waals surface area (Å²) >= 11 is 0. The van der Waals surface area contributed by atoms with E-state index in [1.54, 1.807) is 18.2 Å². The van der Waals surface area contributed by atoms with Crippen LogP contribution in [-0.4, -0.2) is 47.9 Å². The Morgan fingerprint density at radius 1 is 0.806 bits per heavy atom. The molecule has 2 aromatic carbocycles. The van der Waals surface area contributed by atoms with Crippen LogP contribution >= 0.6 is 0 Å². The maximum atomic E-state index is 12.0. The molecule has 1 aromatic heterocycles. The lowest BCUT2D eigenvalue weighted by molar-refractivity contribution is 0.126. The third-order valence-electron chi connectivity index (χ3n) is 6.66. The Hall–Kier alpha value is -2.51. The van der Waals surface area contributed by atoms with Crippen LogP contribution in [0, 0.1) is 6.92 Å². The number of fused-ring (bicyclic) bond motifs is 1. The predicted molar refractivity (Wildman–Crippen MR) is 148 cm³/mol. The van der Waals surface area contributed by atoms with Crippen LogP contribution in [0.2, 0.25) is 0 Å². The molecule has 0 unspecified atom stereocenters. The Labute approximate surface area is 215 Å². The van der Waals surface area contributed by atoms with Gasteiger partial charge in [0.05, 0.1) is 17.2 Å². The second-order valence-electron chi connectivity index (χ2n) is 9.61. The number of phenolic OH excluding ortho intramolecular Hbond substituents is 2. The molecular formula is C29H41NO5S. The lowest BCUT2D eigenvalue weighted by Crippen LogP contribution is -2.11. The van der Waals surface area contributed by atoms with Gasteiger partial charge in [-0.15, -0.1) is 0 Å². The van der Waals surface area contributed by atoms with Crippen molar-refractivity contribution >= 4 is 20.7 Å². The molecule has 198 valence electrons. The summed E-state index contributed by atoms with van der Waals surface area (Å²) in [4.78, 5) is 0. The number of nitrogens with zero attached hydrogens (tertiary/aromatic N) is 1. The quantitative estimate of drug-likeness (QED) is 0.210. The molecule has 36 heavy (non-hydrogen) atoms. The number of aromatic hydroxyl groups is 2. The minimum absolute atomic E-state index is 0.238. The highest BCUT2D eigenvalue weighted by Gasteiger charge is 2.16. The van der Waals surface area contributed by atoms with Crippen molar-refractivity contribution in [2.24, 2.45) is 0 Å². The molecule has 0 bridgehead atoms. The van der Waals surface area contributed by atoms with Gasteiger partial charge in [0.2, 0.25) is 0 Å². The van der Waals surface area contributed by atoms with Gasteiger partial charge in [0.15, 0.2) is 0 Å². The number of aromatic nitrogens is 1. The van der Waals surface area contributed by atoms with Gasteiger partial charge < -0.3 is 19.5 Å². The van der Waals surface area contributed by atoms with E-state index in [2.05, 4.69) is 18.4 Å². The van der Waals surface area contributed by atoms with E-state index in [9.17, 15) is 18.6 Å². The number of benzene rings is 2. The first kappa shape index (κ1) is 28.1. The Morgan fingerprint density at radius 2 is 1.44 bits per heavy atom. The van der Waals surface area contributed by atoms with E-state index in [0.717, 1.165) is 79.2 Å². The molecule has 0 aliphatic heterocycles. The first-order valence-corrected chi connectivity index (χ1v) is 15.0. The van der Waals surface area contributed by atoms with Crippen molar-refractivity contribution in [2.75, 3.05) is 24.7 Å². The SMILES string of the molecule is CCCCCS(=O)(=O)CCCCCOCCCCn1c(-c2ccc(O)cc2)c(C)c2cc(O)ccc21. The molecule has 0 fully saturated rings. The zero-order valence-corrected chi connectivity index (χ0v) is 22.5. The number of sulfone groups is 1. The molecule has 0 aliphatic carbocycles.